The van der Waals surface area contributed by atoms with E-state index >= 15 is 0 Å². The third-order valence-corrected chi connectivity index (χ3v) is 6.31. The van der Waals surface area contributed by atoms with Crippen LogP contribution in [0, 0.1) is 0 Å². The summed E-state index contributed by atoms with van der Waals surface area (Å²) in [6.07, 6.45) is 6.96. The summed E-state index contributed by atoms with van der Waals surface area (Å²) in [4.78, 5) is 27.1. The van der Waals surface area contributed by atoms with Gasteiger partial charge in [-0.05, 0) is 71.9 Å². The van der Waals surface area contributed by atoms with Crippen molar-refractivity contribution in [2.75, 3.05) is 7.11 Å². The van der Waals surface area contributed by atoms with Gasteiger partial charge in [0.1, 0.15) is 18.6 Å². The van der Waals surface area contributed by atoms with Crippen molar-refractivity contribution in [3.8, 4) is 11.5 Å². The molecule has 2 amide bonds. The maximum Gasteiger partial charge on any atom is 0.414 e. The van der Waals surface area contributed by atoms with Crippen LogP contribution in [0.25, 0.3) is 22.9 Å². The predicted octanol–water partition coefficient (Wildman–Crippen LogP) is 5.93. The number of aromatic nitrogens is 1. The molecule has 0 bridgehead atoms. The van der Waals surface area contributed by atoms with Gasteiger partial charge in [-0.15, -0.1) is 0 Å². The lowest BCUT2D eigenvalue weighted by molar-refractivity contribution is -0.123. The van der Waals surface area contributed by atoms with Crippen molar-refractivity contribution in [2.45, 2.75) is 38.4 Å². The molecule has 1 unspecified atom stereocenters. The highest BCUT2D eigenvalue weighted by Gasteiger charge is 2.31. The maximum atomic E-state index is 11.6. The van der Waals surface area contributed by atoms with E-state index in [1.54, 1.807) is 13.4 Å². The minimum absolute atomic E-state index is 0.241. The molecule has 2 heterocycles. The molecule has 1 saturated heterocycles. The van der Waals surface area contributed by atoms with Gasteiger partial charge in [0.15, 0.2) is 17.6 Å². The van der Waals surface area contributed by atoms with Crippen LogP contribution in [-0.2, 0) is 22.6 Å². The summed E-state index contributed by atoms with van der Waals surface area (Å²) in [6, 6.07) is 20.3. The standard InChI is InChI=1S/C30H28N2O6/c1-35-27-17-20(6-2-5-9-26-29(33)32-30(34)38-26)11-14-25(27)36-18-24-19-37-28(31-24)15-12-21-10-13-22-7-3-4-8-23(22)16-21/h3-4,7-8,10-17,19,26H,2,5-6,9,18H2,1H3,(H,32,33,34). The van der Waals surface area contributed by atoms with Crippen LogP contribution in [0.2, 0.25) is 0 Å². The van der Waals surface area contributed by atoms with Crippen LogP contribution in [0.4, 0.5) is 4.79 Å². The fourth-order valence-electron chi connectivity index (χ4n) is 4.33. The van der Waals surface area contributed by atoms with Crippen molar-refractivity contribution < 1.29 is 28.2 Å². The van der Waals surface area contributed by atoms with Gasteiger partial charge in [-0.3, -0.25) is 10.1 Å². The number of amides is 2. The van der Waals surface area contributed by atoms with Gasteiger partial charge in [0.2, 0.25) is 5.89 Å². The van der Waals surface area contributed by atoms with Crippen molar-refractivity contribution in [2.24, 2.45) is 0 Å². The summed E-state index contributed by atoms with van der Waals surface area (Å²) >= 11 is 0. The number of nitrogens with one attached hydrogen (secondary N) is 1. The molecule has 1 aromatic heterocycles. The number of carbonyl (C=O) groups is 2. The summed E-state index contributed by atoms with van der Waals surface area (Å²) in [7, 11) is 1.60. The second kappa shape index (κ2) is 11.6. The van der Waals surface area contributed by atoms with E-state index in [0.717, 1.165) is 30.4 Å². The third kappa shape index (κ3) is 6.21. The highest BCUT2D eigenvalue weighted by Crippen LogP contribution is 2.29. The number of methoxy groups -OCH3 is 1. The van der Waals surface area contributed by atoms with Crippen molar-refractivity contribution in [1.82, 2.24) is 10.3 Å². The van der Waals surface area contributed by atoms with E-state index < -0.39 is 12.2 Å². The number of aryl methyl sites for hydroxylation is 1. The zero-order valence-electron chi connectivity index (χ0n) is 21.0. The number of rotatable bonds is 11. The van der Waals surface area contributed by atoms with Crippen LogP contribution in [0.15, 0.2) is 71.3 Å². The summed E-state index contributed by atoms with van der Waals surface area (Å²) in [5.41, 5.74) is 2.83. The van der Waals surface area contributed by atoms with Crippen LogP contribution in [0.5, 0.6) is 11.5 Å². The van der Waals surface area contributed by atoms with Crippen LogP contribution in [0.3, 0.4) is 0 Å². The minimum Gasteiger partial charge on any atom is -0.493 e. The highest BCUT2D eigenvalue weighted by molar-refractivity contribution is 5.99. The monoisotopic (exact) mass is 512 g/mol. The second-order valence-electron chi connectivity index (χ2n) is 9.02. The molecule has 1 aliphatic heterocycles. The smallest absolute Gasteiger partial charge is 0.414 e. The average molecular weight is 513 g/mol. The first-order chi connectivity index (χ1) is 18.6. The molecule has 5 rings (SSSR count). The molecule has 8 nitrogen and oxygen atoms in total. The Bertz CT molecular complexity index is 1470. The van der Waals surface area contributed by atoms with Crippen molar-refractivity contribution in [1.29, 1.82) is 0 Å². The fourth-order valence-corrected chi connectivity index (χ4v) is 4.33. The van der Waals surface area contributed by atoms with Crippen LogP contribution >= 0.6 is 0 Å². The topological polar surface area (TPSA) is 99.9 Å². The Hall–Kier alpha value is -4.59. The number of benzene rings is 3. The second-order valence-corrected chi connectivity index (χ2v) is 9.02. The van der Waals surface area contributed by atoms with Crippen molar-refractivity contribution in [3.63, 3.8) is 0 Å². The highest BCUT2D eigenvalue weighted by atomic mass is 16.6. The van der Waals surface area contributed by atoms with E-state index in [1.807, 2.05) is 42.5 Å². The number of fused-ring (bicyclic) bond motifs is 1. The molecule has 0 aliphatic carbocycles. The fraction of sp³-hybridized carbons (Fsp3) is 0.233. The molecule has 0 spiro atoms. The van der Waals surface area contributed by atoms with E-state index in [1.165, 1.54) is 10.8 Å². The first-order valence-electron chi connectivity index (χ1n) is 12.5. The molecular formula is C30H28N2O6. The zero-order valence-corrected chi connectivity index (χ0v) is 21.0. The Morgan fingerprint density at radius 2 is 1.84 bits per heavy atom. The van der Waals surface area contributed by atoms with Gasteiger partial charge >= 0.3 is 6.09 Å². The average Bonchev–Trinajstić information content (AvgIpc) is 3.53. The maximum absolute atomic E-state index is 11.6. The molecule has 8 heteroatoms. The molecule has 4 aromatic rings. The molecule has 0 saturated carbocycles. The zero-order chi connectivity index (χ0) is 26.3. The van der Waals surface area contributed by atoms with E-state index in [0.29, 0.717) is 29.5 Å². The van der Waals surface area contributed by atoms with Crippen LogP contribution in [0.1, 0.15) is 42.0 Å². The quantitative estimate of drug-likeness (QED) is 0.249. The van der Waals surface area contributed by atoms with E-state index in [9.17, 15) is 9.59 Å². The first-order valence-corrected chi connectivity index (χ1v) is 12.5. The molecule has 0 radical (unpaired) electrons. The number of hydrogen-bond acceptors (Lipinski definition) is 7. The summed E-state index contributed by atoms with van der Waals surface area (Å²) in [5.74, 6) is 1.39. The lowest BCUT2D eigenvalue weighted by Crippen LogP contribution is -2.24. The number of hydrogen-bond donors (Lipinski definition) is 1. The number of oxazole rings is 1. The molecular weight excluding hydrogens is 484 g/mol. The lowest BCUT2D eigenvalue weighted by Gasteiger charge is -2.12. The number of cyclic esters (lactones) is 1. The summed E-state index contributed by atoms with van der Waals surface area (Å²) in [6.45, 7) is 0.241. The molecule has 1 fully saturated rings. The Labute approximate surface area is 220 Å². The predicted molar refractivity (Wildman–Crippen MR) is 143 cm³/mol. The SMILES string of the molecule is COc1cc(CCCCC2OC(=O)NC2=O)ccc1OCc1coc(C=Cc2ccc3ccccc3c2)n1. The van der Waals surface area contributed by atoms with Gasteiger partial charge in [0.05, 0.1) is 7.11 Å². The minimum atomic E-state index is -0.681. The number of unbranched alkanes of at least 4 members (excludes halogenated alkanes) is 1. The van der Waals surface area contributed by atoms with E-state index in [2.05, 4.69) is 40.6 Å². The van der Waals surface area contributed by atoms with Gasteiger partial charge in [0, 0.05) is 6.08 Å². The molecule has 1 N–H and O–H groups in total. The number of carbonyl (C=O) groups excluding carboxylic acids is 2. The van der Waals surface area contributed by atoms with Crippen molar-refractivity contribution in [3.05, 3.63) is 89.6 Å². The number of nitrogens with zero attached hydrogens (tertiary/aromatic N) is 1. The Balaban J connectivity index is 1.12. The van der Waals surface area contributed by atoms with E-state index in [4.69, 9.17) is 18.6 Å². The molecule has 38 heavy (non-hydrogen) atoms. The largest absolute Gasteiger partial charge is 0.493 e. The van der Waals surface area contributed by atoms with E-state index in [-0.39, 0.29) is 12.5 Å². The normalized spacial score (nSPS) is 15.1. The summed E-state index contributed by atoms with van der Waals surface area (Å²) in [5, 5.41) is 4.53. The van der Waals surface area contributed by atoms with Gasteiger partial charge in [-0.2, -0.15) is 0 Å². The van der Waals surface area contributed by atoms with Gasteiger partial charge < -0.3 is 18.6 Å². The molecule has 1 atom stereocenters. The third-order valence-electron chi connectivity index (χ3n) is 6.31. The van der Waals surface area contributed by atoms with Gasteiger partial charge in [0.25, 0.3) is 5.91 Å². The van der Waals surface area contributed by atoms with Crippen LogP contribution < -0.4 is 14.8 Å². The molecule has 3 aromatic carbocycles. The number of imide groups is 1. The Morgan fingerprint density at radius 3 is 2.66 bits per heavy atom. The lowest BCUT2D eigenvalue weighted by atomic mass is 10.0. The Morgan fingerprint density at radius 1 is 0.974 bits per heavy atom. The molecule has 1 aliphatic rings. The molecule has 194 valence electrons. The number of ether oxygens (including phenoxy) is 3. The summed E-state index contributed by atoms with van der Waals surface area (Å²) < 4.78 is 22.0. The Kier molecular flexibility index (Phi) is 7.68. The van der Waals surface area contributed by atoms with Gasteiger partial charge in [-0.25, -0.2) is 9.78 Å². The van der Waals surface area contributed by atoms with Crippen molar-refractivity contribution >= 4 is 34.9 Å². The van der Waals surface area contributed by atoms with Gasteiger partial charge in [-0.1, -0.05) is 42.5 Å². The number of alkyl carbamates (subject to hydrolysis) is 1. The van der Waals surface area contributed by atoms with Crippen LogP contribution in [-0.4, -0.2) is 30.2 Å². The first kappa shape index (κ1) is 25.1.